The topological polar surface area (TPSA) is 247 Å². The molecule has 0 saturated heterocycles. The third-order valence-electron chi connectivity index (χ3n) is 6.01. The van der Waals surface area contributed by atoms with Crippen LogP contribution in [0, 0.1) is 5.92 Å². The summed E-state index contributed by atoms with van der Waals surface area (Å²) in [7, 11) is 0. The summed E-state index contributed by atoms with van der Waals surface area (Å²) in [6.07, 6.45) is 0.418. The lowest BCUT2D eigenvalue weighted by Crippen LogP contribution is -2.58. The Balaban J connectivity index is 2.31. The summed E-state index contributed by atoms with van der Waals surface area (Å²) in [6, 6.07) is 1.87. The Labute approximate surface area is 223 Å². The van der Waals surface area contributed by atoms with Gasteiger partial charge in [-0.05, 0) is 24.0 Å². The number of aromatic nitrogens is 1. The van der Waals surface area contributed by atoms with Gasteiger partial charge in [0.25, 0.3) is 0 Å². The highest BCUT2D eigenvalue weighted by Gasteiger charge is 2.32. The molecule has 212 valence electrons. The predicted octanol–water partition coefficient (Wildman–Crippen LogP) is -1.03. The van der Waals surface area contributed by atoms with Gasteiger partial charge in [-0.1, -0.05) is 32.0 Å². The van der Waals surface area contributed by atoms with Crippen molar-refractivity contribution in [3.8, 4) is 0 Å². The van der Waals surface area contributed by atoms with Crippen LogP contribution < -0.4 is 27.4 Å². The molecule has 0 bridgehead atoms. The number of fused-ring (bicyclic) bond motifs is 1. The molecule has 4 atom stereocenters. The first-order chi connectivity index (χ1) is 18.3. The number of benzene rings is 1. The van der Waals surface area contributed by atoms with Crippen LogP contribution in [0.2, 0.25) is 0 Å². The molecular formula is C25H34N6O8. The molecule has 14 nitrogen and oxygen atoms in total. The minimum absolute atomic E-state index is 0.0537. The van der Waals surface area contributed by atoms with Crippen LogP contribution in [0.5, 0.6) is 0 Å². The largest absolute Gasteiger partial charge is 0.481 e. The second-order valence-corrected chi connectivity index (χ2v) is 9.46. The van der Waals surface area contributed by atoms with Crippen LogP contribution in [0.3, 0.4) is 0 Å². The van der Waals surface area contributed by atoms with Crippen molar-refractivity contribution >= 4 is 46.5 Å². The van der Waals surface area contributed by atoms with Crippen molar-refractivity contribution in [2.75, 3.05) is 0 Å². The number of para-hydroxylation sites is 1. The highest BCUT2D eigenvalue weighted by atomic mass is 16.4. The van der Waals surface area contributed by atoms with Crippen LogP contribution in [-0.4, -0.2) is 74.9 Å². The molecule has 0 radical (unpaired) electrons. The van der Waals surface area contributed by atoms with Crippen LogP contribution in [0.4, 0.5) is 0 Å². The van der Waals surface area contributed by atoms with Gasteiger partial charge >= 0.3 is 11.9 Å². The summed E-state index contributed by atoms with van der Waals surface area (Å²) in [5.41, 5.74) is 12.5. The molecule has 2 aromatic rings. The van der Waals surface area contributed by atoms with Gasteiger partial charge in [-0.2, -0.15) is 0 Å². The molecular weight excluding hydrogens is 512 g/mol. The van der Waals surface area contributed by atoms with Crippen molar-refractivity contribution in [2.24, 2.45) is 17.4 Å². The van der Waals surface area contributed by atoms with Crippen molar-refractivity contribution in [1.29, 1.82) is 0 Å². The second-order valence-electron chi connectivity index (χ2n) is 9.46. The first-order valence-corrected chi connectivity index (χ1v) is 12.2. The van der Waals surface area contributed by atoms with Gasteiger partial charge < -0.3 is 42.6 Å². The van der Waals surface area contributed by atoms with Gasteiger partial charge in [0.1, 0.15) is 18.1 Å². The van der Waals surface area contributed by atoms with Crippen molar-refractivity contribution in [1.82, 2.24) is 20.9 Å². The smallest absolute Gasteiger partial charge is 0.326 e. The maximum absolute atomic E-state index is 13.4. The Hall–Kier alpha value is -4.46. The predicted molar refractivity (Wildman–Crippen MR) is 139 cm³/mol. The molecule has 10 N–H and O–H groups in total. The maximum Gasteiger partial charge on any atom is 0.326 e. The zero-order valence-electron chi connectivity index (χ0n) is 21.6. The molecule has 0 spiro atoms. The highest BCUT2D eigenvalue weighted by Crippen LogP contribution is 2.19. The van der Waals surface area contributed by atoms with Crippen LogP contribution in [0.25, 0.3) is 10.9 Å². The number of nitrogens with two attached hydrogens (primary N) is 2. The monoisotopic (exact) mass is 546 g/mol. The molecule has 4 unspecified atom stereocenters. The van der Waals surface area contributed by atoms with Crippen LogP contribution >= 0.6 is 0 Å². The van der Waals surface area contributed by atoms with Gasteiger partial charge in [0.05, 0.1) is 12.5 Å². The summed E-state index contributed by atoms with van der Waals surface area (Å²) in [5.74, 6) is -6.49. The van der Waals surface area contributed by atoms with Crippen molar-refractivity contribution in [3.63, 3.8) is 0 Å². The summed E-state index contributed by atoms with van der Waals surface area (Å²) in [4.78, 5) is 76.0. The molecule has 0 aliphatic rings. The lowest BCUT2D eigenvalue weighted by Gasteiger charge is -2.25. The van der Waals surface area contributed by atoms with E-state index in [2.05, 4.69) is 20.9 Å². The number of carbonyl (C=O) groups excluding carboxylic acids is 4. The fraction of sp³-hybridized carbons (Fsp3) is 0.440. The lowest BCUT2D eigenvalue weighted by molar-refractivity contribution is -0.143. The first kappa shape index (κ1) is 30.8. The van der Waals surface area contributed by atoms with Crippen molar-refractivity contribution in [3.05, 3.63) is 36.0 Å². The third-order valence-corrected chi connectivity index (χ3v) is 6.01. The van der Waals surface area contributed by atoms with E-state index in [1.807, 2.05) is 12.1 Å². The number of H-pyrrole nitrogens is 1. The number of nitrogens with one attached hydrogen (secondary N) is 4. The number of amides is 4. The van der Waals surface area contributed by atoms with Crippen molar-refractivity contribution < 1.29 is 39.0 Å². The van der Waals surface area contributed by atoms with Crippen LogP contribution in [0.1, 0.15) is 38.7 Å². The number of carboxylic acids is 2. The number of carboxylic acid groups (broad SMARTS) is 2. The minimum Gasteiger partial charge on any atom is -0.481 e. The number of carbonyl (C=O) groups is 6. The Bertz CT molecular complexity index is 1230. The molecule has 4 amide bonds. The first-order valence-electron chi connectivity index (χ1n) is 12.2. The number of rotatable bonds is 15. The number of aromatic amines is 1. The van der Waals surface area contributed by atoms with Gasteiger partial charge in [-0.25, -0.2) is 4.79 Å². The van der Waals surface area contributed by atoms with Gasteiger partial charge in [-0.3, -0.25) is 24.0 Å². The molecule has 1 heterocycles. The number of primary amides is 1. The van der Waals surface area contributed by atoms with E-state index in [4.69, 9.17) is 16.6 Å². The van der Waals surface area contributed by atoms with Gasteiger partial charge in [0, 0.05) is 29.9 Å². The average Bonchev–Trinajstić information content (AvgIpc) is 3.26. The Morgan fingerprint density at radius 2 is 1.54 bits per heavy atom. The SMILES string of the molecule is CC(C)C(NC(=O)C(CC(N)=O)NC(=O)C(Cc1c[nH]c2ccccc12)NC(=O)C(N)CCC(=O)O)C(=O)O. The summed E-state index contributed by atoms with van der Waals surface area (Å²) in [6.45, 7) is 3.14. The lowest BCUT2D eigenvalue weighted by atomic mass is 10.0. The zero-order valence-corrected chi connectivity index (χ0v) is 21.6. The van der Waals surface area contributed by atoms with Gasteiger partial charge in [-0.15, -0.1) is 0 Å². The van der Waals surface area contributed by atoms with E-state index in [-0.39, 0.29) is 19.3 Å². The van der Waals surface area contributed by atoms with E-state index < -0.39 is 72.1 Å². The second kappa shape index (κ2) is 13.9. The molecule has 0 aliphatic carbocycles. The quantitative estimate of drug-likeness (QED) is 0.136. The van der Waals surface area contributed by atoms with Gasteiger partial charge in [0.15, 0.2) is 0 Å². The van der Waals surface area contributed by atoms with Gasteiger partial charge in [0.2, 0.25) is 23.6 Å². The fourth-order valence-electron chi connectivity index (χ4n) is 3.87. The molecule has 0 saturated carbocycles. The molecule has 2 rings (SSSR count). The highest BCUT2D eigenvalue weighted by molar-refractivity contribution is 5.96. The summed E-state index contributed by atoms with van der Waals surface area (Å²) in [5, 5.41) is 26.2. The van der Waals surface area contributed by atoms with E-state index in [1.165, 1.54) is 0 Å². The molecule has 0 fully saturated rings. The standard InChI is InChI=1S/C25H34N6O8/c1-12(2)21(25(38)39)31-24(37)18(10-19(27)32)30-23(36)17(29-22(35)15(26)7-8-20(33)34)9-13-11-28-16-6-4-3-5-14(13)16/h3-6,11-12,15,17-18,21,28H,7-10,26H2,1-2H3,(H2,27,32)(H,29,35)(H,30,36)(H,31,37)(H,33,34)(H,38,39). The number of hydrogen-bond acceptors (Lipinski definition) is 7. The van der Waals surface area contributed by atoms with Crippen LogP contribution in [-0.2, 0) is 35.2 Å². The number of hydrogen-bond donors (Lipinski definition) is 8. The van der Waals surface area contributed by atoms with E-state index in [0.29, 0.717) is 5.56 Å². The number of aliphatic carboxylic acids is 2. The minimum atomic E-state index is -1.53. The normalized spacial score (nSPS) is 14.2. The van der Waals surface area contributed by atoms with Crippen LogP contribution in [0.15, 0.2) is 30.5 Å². The summed E-state index contributed by atoms with van der Waals surface area (Å²) >= 11 is 0. The molecule has 1 aromatic carbocycles. The molecule has 14 heteroatoms. The Kier molecular flexibility index (Phi) is 11.0. The van der Waals surface area contributed by atoms with E-state index in [0.717, 1.165) is 10.9 Å². The third kappa shape index (κ3) is 9.10. The Morgan fingerprint density at radius 1 is 0.923 bits per heavy atom. The molecule has 39 heavy (non-hydrogen) atoms. The van der Waals surface area contributed by atoms with E-state index in [1.54, 1.807) is 32.2 Å². The molecule has 1 aromatic heterocycles. The van der Waals surface area contributed by atoms with E-state index in [9.17, 15) is 33.9 Å². The zero-order chi connectivity index (χ0) is 29.3. The van der Waals surface area contributed by atoms with Crippen molar-refractivity contribution in [2.45, 2.75) is 63.7 Å². The average molecular weight is 547 g/mol. The molecule has 0 aliphatic heterocycles. The summed E-state index contributed by atoms with van der Waals surface area (Å²) < 4.78 is 0. The maximum atomic E-state index is 13.4. The fourth-order valence-corrected chi connectivity index (χ4v) is 3.87. The van der Waals surface area contributed by atoms with E-state index >= 15 is 0 Å². The Morgan fingerprint density at radius 3 is 2.13 bits per heavy atom.